The van der Waals surface area contributed by atoms with Crippen LogP contribution in [0.1, 0.15) is 22.8 Å². The van der Waals surface area contributed by atoms with E-state index in [1.54, 1.807) is 43.3 Å². The van der Waals surface area contributed by atoms with Crippen LogP contribution in [0.25, 0.3) is 0 Å². The van der Waals surface area contributed by atoms with Gasteiger partial charge in [0.15, 0.2) is 0 Å². The third-order valence-corrected chi connectivity index (χ3v) is 4.38. The smallest absolute Gasteiger partial charge is 0.394 e. The highest BCUT2D eigenvalue weighted by Gasteiger charge is 2.11. The number of carbonyl (C=O) groups is 1. The van der Waals surface area contributed by atoms with Crippen molar-refractivity contribution in [1.29, 1.82) is 0 Å². The summed E-state index contributed by atoms with van der Waals surface area (Å²) in [5.74, 6) is -0.390. The molecule has 0 radical (unpaired) electrons. The molecule has 3 N–H and O–H groups in total. The molecule has 0 aromatic heterocycles. The summed E-state index contributed by atoms with van der Waals surface area (Å²) in [7, 11) is -3.33. The molecule has 0 saturated carbocycles. The third-order valence-electron chi connectivity index (χ3n) is 3.08. The second-order valence-corrected chi connectivity index (χ2v) is 7.11. The Labute approximate surface area is 176 Å². The Morgan fingerprint density at radius 1 is 1.04 bits per heavy atom. The normalized spacial score (nSPS) is 11.3. The Kier molecular flexibility index (Phi) is 9.15. The number of hydrazone groups is 1. The second kappa shape index (κ2) is 10.6. The zero-order valence-corrected chi connectivity index (χ0v) is 17.6. The zero-order chi connectivity index (χ0) is 21.5. The summed E-state index contributed by atoms with van der Waals surface area (Å²) >= 11 is 18.1. The number of hydrogen-bond donors (Lipinski definition) is 3. The SMILES string of the molecule is COC(=O)c1ccc(N/N=C(\C)c2ccc(Cl)c(Cl)c2Cl)cc1.O=S(=O)(O)O. The Morgan fingerprint density at radius 2 is 1.57 bits per heavy atom. The van der Waals surface area contributed by atoms with Crippen LogP contribution in [0.3, 0.4) is 0 Å². The van der Waals surface area contributed by atoms with Gasteiger partial charge in [0.2, 0.25) is 0 Å². The van der Waals surface area contributed by atoms with Crippen LogP contribution in [-0.2, 0) is 15.1 Å². The molecule has 2 aromatic rings. The first kappa shape index (κ1) is 24.2. The summed E-state index contributed by atoms with van der Waals surface area (Å²) < 4.78 is 36.2. The van der Waals surface area contributed by atoms with Gasteiger partial charge in [-0.05, 0) is 37.3 Å². The van der Waals surface area contributed by atoms with Crippen LogP contribution in [0.5, 0.6) is 0 Å². The van der Waals surface area contributed by atoms with Gasteiger partial charge in [-0.3, -0.25) is 14.5 Å². The van der Waals surface area contributed by atoms with Crippen molar-refractivity contribution in [2.45, 2.75) is 6.92 Å². The largest absolute Gasteiger partial charge is 0.465 e. The fourth-order valence-corrected chi connectivity index (χ4v) is 2.48. The number of carbonyl (C=O) groups excluding carboxylic acids is 1. The van der Waals surface area contributed by atoms with Crippen molar-refractivity contribution in [2.75, 3.05) is 12.5 Å². The van der Waals surface area contributed by atoms with E-state index in [-0.39, 0.29) is 5.97 Å². The van der Waals surface area contributed by atoms with E-state index in [0.717, 1.165) is 0 Å². The first-order chi connectivity index (χ1) is 12.9. The molecule has 12 heteroatoms. The first-order valence-corrected chi connectivity index (χ1v) is 9.79. The molecule has 0 spiro atoms. The van der Waals surface area contributed by atoms with Crippen molar-refractivity contribution in [3.05, 3.63) is 62.6 Å². The van der Waals surface area contributed by atoms with Crippen LogP contribution in [0.4, 0.5) is 5.69 Å². The van der Waals surface area contributed by atoms with E-state index in [4.69, 9.17) is 52.3 Å². The van der Waals surface area contributed by atoms with Crippen LogP contribution >= 0.6 is 34.8 Å². The second-order valence-electron chi connectivity index (χ2n) is 5.05. The average molecular weight is 470 g/mol. The van der Waals surface area contributed by atoms with E-state index in [1.807, 2.05) is 0 Å². The number of benzene rings is 2. The number of rotatable bonds is 4. The summed E-state index contributed by atoms with van der Waals surface area (Å²) in [5.41, 5.74) is 5.39. The van der Waals surface area contributed by atoms with E-state index in [0.29, 0.717) is 37.6 Å². The molecule has 2 rings (SSSR count). The minimum atomic E-state index is -4.67. The zero-order valence-electron chi connectivity index (χ0n) is 14.5. The van der Waals surface area contributed by atoms with E-state index in [2.05, 4.69) is 15.3 Å². The highest BCUT2D eigenvalue weighted by atomic mass is 35.5. The van der Waals surface area contributed by atoms with Crippen LogP contribution in [-0.4, -0.2) is 36.3 Å². The molecule has 0 bridgehead atoms. The van der Waals surface area contributed by atoms with Crippen molar-refractivity contribution in [1.82, 2.24) is 0 Å². The molecule has 0 unspecified atom stereocenters. The van der Waals surface area contributed by atoms with Crippen molar-refractivity contribution < 1.29 is 27.1 Å². The van der Waals surface area contributed by atoms with E-state index in [1.165, 1.54) is 7.11 Å². The Bertz CT molecular complexity index is 971. The fraction of sp³-hybridized carbons (Fsp3) is 0.125. The molecule has 0 aliphatic heterocycles. The van der Waals surface area contributed by atoms with Gasteiger partial charge in [-0.25, -0.2) is 4.79 Å². The number of nitrogens with zero attached hydrogens (tertiary/aromatic N) is 1. The maximum Gasteiger partial charge on any atom is 0.394 e. The number of methoxy groups -OCH3 is 1. The molecule has 0 aliphatic carbocycles. The summed E-state index contributed by atoms with van der Waals surface area (Å²) in [5, 5.41) is 5.29. The van der Waals surface area contributed by atoms with Gasteiger partial charge in [-0.2, -0.15) is 13.5 Å². The average Bonchev–Trinajstić information content (AvgIpc) is 2.62. The Hall–Kier alpha value is -1.88. The van der Waals surface area contributed by atoms with Crippen LogP contribution in [0, 0.1) is 0 Å². The van der Waals surface area contributed by atoms with Gasteiger partial charge in [0.1, 0.15) is 0 Å². The lowest BCUT2D eigenvalue weighted by Gasteiger charge is -2.08. The summed E-state index contributed by atoms with van der Waals surface area (Å²) in [6, 6.07) is 10.1. The van der Waals surface area contributed by atoms with E-state index in [9.17, 15) is 4.79 Å². The van der Waals surface area contributed by atoms with E-state index < -0.39 is 10.4 Å². The predicted molar refractivity (Wildman–Crippen MR) is 109 cm³/mol. The maximum absolute atomic E-state index is 11.4. The van der Waals surface area contributed by atoms with Crippen molar-refractivity contribution in [3.8, 4) is 0 Å². The number of anilines is 1. The highest BCUT2D eigenvalue weighted by Crippen LogP contribution is 2.32. The predicted octanol–water partition coefficient (Wildman–Crippen LogP) is 4.62. The summed E-state index contributed by atoms with van der Waals surface area (Å²) in [6.07, 6.45) is 0. The topological polar surface area (TPSA) is 125 Å². The summed E-state index contributed by atoms with van der Waals surface area (Å²) in [6.45, 7) is 1.79. The van der Waals surface area contributed by atoms with Crippen molar-refractivity contribution in [3.63, 3.8) is 0 Å². The van der Waals surface area contributed by atoms with Crippen LogP contribution in [0.2, 0.25) is 15.1 Å². The molecule has 0 heterocycles. The quantitative estimate of drug-likeness (QED) is 0.196. The molecule has 0 aliphatic rings. The highest BCUT2D eigenvalue weighted by molar-refractivity contribution is 7.79. The van der Waals surface area contributed by atoms with Gasteiger partial charge >= 0.3 is 16.4 Å². The van der Waals surface area contributed by atoms with Gasteiger partial charge in [0.05, 0.1) is 39.1 Å². The number of halogens is 3. The van der Waals surface area contributed by atoms with Crippen molar-refractivity contribution in [2.24, 2.45) is 5.10 Å². The molecule has 8 nitrogen and oxygen atoms in total. The first-order valence-electron chi connectivity index (χ1n) is 7.26. The number of hydrogen-bond acceptors (Lipinski definition) is 6. The minimum Gasteiger partial charge on any atom is -0.465 e. The molecular weight excluding hydrogens is 455 g/mol. The number of esters is 1. The van der Waals surface area contributed by atoms with Gasteiger partial charge in [0, 0.05) is 5.56 Å². The molecule has 0 amide bonds. The molecule has 0 fully saturated rings. The number of nitrogens with one attached hydrogen (secondary N) is 1. The lowest BCUT2D eigenvalue weighted by molar-refractivity contribution is 0.0600. The standard InChI is InChI=1S/C16H13Cl3N2O2.H2O4S/c1-9(12-7-8-13(17)15(19)14(12)18)20-21-11-5-3-10(4-6-11)16(22)23-2;1-5(2,3)4/h3-8,21H,1-2H3;(H2,1,2,3,4)/b20-9+;. The Morgan fingerprint density at radius 3 is 2.07 bits per heavy atom. The lowest BCUT2D eigenvalue weighted by atomic mass is 10.1. The molecule has 0 atom stereocenters. The third kappa shape index (κ3) is 8.01. The van der Waals surface area contributed by atoms with Crippen molar-refractivity contribution >= 4 is 62.6 Å². The molecular formula is C16H15Cl3N2O6S. The van der Waals surface area contributed by atoms with Gasteiger partial charge in [-0.15, -0.1) is 0 Å². The molecule has 0 saturated heterocycles. The maximum atomic E-state index is 11.4. The van der Waals surface area contributed by atoms with Crippen LogP contribution < -0.4 is 5.43 Å². The minimum absolute atomic E-state index is 0.294. The van der Waals surface area contributed by atoms with E-state index >= 15 is 0 Å². The molecule has 28 heavy (non-hydrogen) atoms. The van der Waals surface area contributed by atoms with Crippen LogP contribution in [0.15, 0.2) is 41.5 Å². The van der Waals surface area contributed by atoms with Gasteiger partial charge in [-0.1, -0.05) is 40.9 Å². The number of ether oxygens (including phenoxy) is 1. The molecule has 2 aromatic carbocycles. The Balaban J connectivity index is 0.000000696. The van der Waals surface area contributed by atoms with Gasteiger partial charge in [0.25, 0.3) is 0 Å². The molecule has 152 valence electrons. The fourth-order valence-electron chi connectivity index (χ4n) is 1.81. The monoisotopic (exact) mass is 468 g/mol. The summed E-state index contributed by atoms with van der Waals surface area (Å²) in [4.78, 5) is 11.4. The lowest BCUT2D eigenvalue weighted by Crippen LogP contribution is -2.02. The van der Waals surface area contributed by atoms with Gasteiger partial charge < -0.3 is 4.74 Å².